The van der Waals surface area contributed by atoms with Crippen LogP contribution in [0.25, 0.3) is 66.1 Å². The van der Waals surface area contributed by atoms with Crippen LogP contribution < -0.4 is 0 Å². The van der Waals surface area contributed by atoms with Crippen LogP contribution in [0.1, 0.15) is 122 Å². The van der Waals surface area contributed by atoms with Crippen LogP contribution in [0, 0.1) is 18.3 Å². The Labute approximate surface area is 358 Å². The molecule has 0 radical (unpaired) electrons. The lowest BCUT2D eigenvalue weighted by Gasteiger charge is -2.23. The zero-order chi connectivity index (χ0) is 44.4. The third-order valence-corrected chi connectivity index (χ3v) is 12.4. The number of fused-ring (bicyclic) bond motifs is 6. The number of benzene rings is 6. The SMILES string of the molecule is Cc1cc(-c2cc(-n3c4cc(C(C)(C)C)ccc4c4ccc(C(C)(C)C)cc43)c(C#N)cc2-n2c3cc(C(C)(C)C)ccc3c3ccc(C(C)(C)C)cc32)cc(C(F)(F)F)c1. The summed E-state index contributed by atoms with van der Waals surface area (Å²) in [5, 5.41) is 15.5. The van der Waals surface area contributed by atoms with Crippen LogP contribution >= 0.6 is 0 Å². The first-order valence-corrected chi connectivity index (χ1v) is 21.2. The third kappa shape index (κ3) is 7.30. The van der Waals surface area contributed by atoms with E-state index in [1.54, 1.807) is 6.92 Å². The number of hydrogen-bond acceptors (Lipinski definition) is 1. The van der Waals surface area contributed by atoms with Gasteiger partial charge in [-0.05, 0) is 110 Å². The Balaban J connectivity index is 1.59. The first-order valence-electron chi connectivity index (χ1n) is 21.2. The minimum Gasteiger partial charge on any atom is -0.309 e. The molecule has 312 valence electrons. The van der Waals surface area contributed by atoms with E-state index in [4.69, 9.17) is 0 Å². The monoisotopic (exact) mass is 815 g/mol. The number of hydrogen-bond donors (Lipinski definition) is 0. The van der Waals surface area contributed by atoms with Gasteiger partial charge in [0.15, 0.2) is 0 Å². The first kappa shape index (κ1) is 41.9. The number of halogens is 3. The highest BCUT2D eigenvalue weighted by molar-refractivity contribution is 6.12. The van der Waals surface area contributed by atoms with Gasteiger partial charge < -0.3 is 9.13 Å². The van der Waals surface area contributed by atoms with Gasteiger partial charge in [-0.1, -0.05) is 138 Å². The van der Waals surface area contributed by atoms with Gasteiger partial charge in [-0.25, -0.2) is 0 Å². The molecule has 0 amide bonds. The summed E-state index contributed by atoms with van der Waals surface area (Å²) in [5.41, 5.74) is 10.0. The third-order valence-electron chi connectivity index (χ3n) is 12.4. The van der Waals surface area contributed by atoms with Gasteiger partial charge in [-0.2, -0.15) is 18.4 Å². The van der Waals surface area contributed by atoms with Gasteiger partial charge in [0.2, 0.25) is 0 Å². The molecule has 2 heterocycles. The Morgan fingerprint density at radius 3 is 1.11 bits per heavy atom. The van der Waals surface area contributed by atoms with E-state index in [-0.39, 0.29) is 21.7 Å². The normalized spacial score (nSPS) is 13.2. The predicted octanol–water partition coefficient (Wildman–Crippen LogP) is 15.9. The maximum absolute atomic E-state index is 14.8. The smallest absolute Gasteiger partial charge is 0.309 e. The van der Waals surface area contributed by atoms with Crippen molar-refractivity contribution < 1.29 is 13.2 Å². The fourth-order valence-electron chi connectivity index (χ4n) is 8.79. The van der Waals surface area contributed by atoms with Crippen LogP contribution in [-0.2, 0) is 27.8 Å². The highest BCUT2D eigenvalue weighted by atomic mass is 19.4. The molecule has 0 bridgehead atoms. The Kier molecular flexibility index (Phi) is 9.52. The molecule has 0 saturated carbocycles. The van der Waals surface area contributed by atoms with E-state index in [1.807, 2.05) is 18.2 Å². The van der Waals surface area contributed by atoms with Gasteiger partial charge in [0, 0.05) is 27.1 Å². The van der Waals surface area contributed by atoms with Crippen molar-refractivity contribution in [3.63, 3.8) is 0 Å². The molecule has 6 aromatic carbocycles. The Bertz CT molecular complexity index is 2970. The van der Waals surface area contributed by atoms with E-state index >= 15 is 0 Å². The minimum atomic E-state index is -4.56. The van der Waals surface area contributed by atoms with Crippen molar-refractivity contribution in [3.8, 4) is 28.6 Å². The van der Waals surface area contributed by atoms with Gasteiger partial charge in [0.1, 0.15) is 6.07 Å². The van der Waals surface area contributed by atoms with Gasteiger partial charge in [0.25, 0.3) is 0 Å². The van der Waals surface area contributed by atoms with Crippen molar-refractivity contribution in [1.82, 2.24) is 9.13 Å². The highest BCUT2D eigenvalue weighted by Gasteiger charge is 2.32. The van der Waals surface area contributed by atoms with Crippen LogP contribution in [0.5, 0.6) is 0 Å². The number of aromatic nitrogens is 2. The standard InChI is InChI=1S/C55H56F3N3/c1-32-22-33(24-39(23-32)55(56,57)58)44-30-45(60-47-26-35(51(2,3)4)14-18-40(47)41-19-15-36(27-48(41)60)52(5,6)7)34(31-59)25-46(44)61-49-28-37(53(8,9)10)16-20-42(49)43-21-17-38(29-50(43)61)54(11,12)13/h14-30H,1-13H3. The summed E-state index contributed by atoms with van der Waals surface area (Å²) < 4.78 is 48.6. The zero-order valence-electron chi connectivity index (χ0n) is 37.8. The molecule has 6 heteroatoms. The minimum absolute atomic E-state index is 0.164. The molecule has 0 N–H and O–H groups in total. The summed E-state index contributed by atoms with van der Waals surface area (Å²) in [6, 6.07) is 37.0. The predicted molar refractivity (Wildman–Crippen MR) is 250 cm³/mol. The first-order chi connectivity index (χ1) is 28.3. The largest absolute Gasteiger partial charge is 0.416 e. The topological polar surface area (TPSA) is 33.6 Å². The van der Waals surface area contributed by atoms with Crippen molar-refractivity contribution >= 4 is 43.6 Å². The molecule has 0 aliphatic rings. The van der Waals surface area contributed by atoms with E-state index in [2.05, 4.69) is 171 Å². The van der Waals surface area contributed by atoms with E-state index in [9.17, 15) is 18.4 Å². The van der Waals surface area contributed by atoms with Crippen molar-refractivity contribution in [2.75, 3.05) is 0 Å². The summed E-state index contributed by atoms with van der Waals surface area (Å²) in [6.07, 6.45) is -4.56. The molecular weight excluding hydrogens is 760 g/mol. The Hall–Kier alpha value is -5.80. The van der Waals surface area contributed by atoms with E-state index in [0.717, 1.165) is 65.9 Å². The molecule has 0 spiro atoms. The van der Waals surface area contributed by atoms with Crippen molar-refractivity contribution in [2.24, 2.45) is 0 Å². The van der Waals surface area contributed by atoms with Crippen LogP contribution in [0.3, 0.4) is 0 Å². The number of alkyl halides is 3. The van der Waals surface area contributed by atoms with E-state index in [1.165, 1.54) is 12.1 Å². The Morgan fingerprint density at radius 2 is 0.787 bits per heavy atom. The maximum atomic E-state index is 14.8. The van der Waals surface area contributed by atoms with Gasteiger partial charge in [-0.3, -0.25) is 0 Å². The van der Waals surface area contributed by atoms with Crippen molar-refractivity contribution in [2.45, 2.75) is 118 Å². The quantitative estimate of drug-likeness (QED) is 0.175. The lowest BCUT2D eigenvalue weighted by atomic mass is 9.86. The lowest BCUT2D eigenvalue weighted by molar-refractivity contribution is -0.137. The summed E-state index contributed by atoms with van der Waals surface area (Å²) in [7, 11) is 0. The number of nitriles is 1. The molecule has 0 saturated heterocycles. The average molecular weight is 816 g/mol. The Morgan fingerprint density at radius 1 is 0.426 bits per heavy atom. The van der Waals surface area contributed by atoms with Crippen LogP contribution in [-0.4, -0.2) is 9.13 Å². The summed E-state index contributed by atoms with van der Waals surface area (Å²) in [5.74, 6) is 0. The zero-order valence-corrected chi connectivity index (χ0v) is 37.8. The fourth-order valence-corrected chi connectivity index (χ4v) is 8.79. The number of rotatable bonds is 3. The molecule has 0 unspecified atom stereocenters. The summed E-state index contributed by atoms with van der Waals surface area (Å²) >= 11 is 0. The second kappa shape index (κ2) is 13.9. The van der Waals surface area contributed by atoms with Crippen LogP contribution in [0.2, 0.25) is 0 Å². The molecule has 2 aromatic heterocycles. The maximum Gasteiger partial charge on any atom is 0.416 e. The fraction of sp³-hybridized carbons (Fsp3) is 0.327. The van der Waals surface area contributed by atoms with E-state index in [0.29, 0.717) is 33.6 Å². The molecular formula is C55H56F3N3. The molecule has 61 heavy (non-hydrogen) atoms. The van der Waals surface area contributed by atoms with Gasteiger partial charge in [-0.15, -0.1) is 0 Å². The number of aryl methyl sites for hydroxylation is 1. The van der Waals surface area contributed by atoms with Crippen molar-refractivity contribution in [1.29, 1.82) is 5.26 Å². The highest BCUT2D eigenvalue weighted by Crippen LogP contribution is 2.45. The van der Waals surface area contributed by atoms with Gasteiger partial charge in [0.05, 0.1) is 44.6 Å². The van der Waals surface area contributed by atoms with Crippen molar-refractivity contribution in [3.05, 3.63) is 142 Å². The molecule has 0 fully saturated rings. The van der Waals surface area contributed by atoms with Gasteiger partial charge >= 0.3 is 6.18 Å². The number of nitrogens with zero attached hydrogens (tertiary/aromatic N) is 3. The molecule has 0 atom stereocenters. The molecule has 8 aromatic rings. The molecule has 0 aliphatic heterocycles. The summed E-state index contributed by atoms with van der Waals surface area (Å²) in [6.45, 7) is 27.9. The second-order valence-electron chi connectivity index (χ2n) is 21.2. The molecule has 8 rings (SSSR count). The van der Waals surface area contributed by atoms with Crippen LogP contribution in [0.4, 0.5) is 13.2 Å². The summed E-state index contributed by atoms with van der Waals surface area (Å²) in [4.78, 5) is 0. The van der Waals surface area contributed by atoms with E-state index < -0.39 is 11.7 Å². The lowest BCUT2D eigenvalue weighted by Crippen LogP contribution is -2.12. The molecule has 3 nitrogen and oxygen atoms in total. The molecule has 0 aliphatic carbocycles. The second-order valence-corrected chi connectivity index (χ2v) is 21.2. The van der Waals surface area contributed by atoms with Crippen LogP contribution in [0.15, 0.2) is 103 Å². The average Bonchev–Trinajstić information content (AvgIpc) is 3.66.